The smallest absolute Gasteiger partial charge is 0.189 e. The summed E-state index contributed by atoms with van der Waals surface area (Å²) < 4.78 is 5.53. The predicted octanol–water partition coefficient (Wildman–Crippen LogP) is 3.52. The number of thiazole rings is 1. The van der Waals surface area contributed by atoms with Crippen molar-refractivity contribution in [2.45, 2.75) is 18.9 Å². The van der Waals surface area contributed by atoms with Gasteiger partial charge < -0.3 is 15.4 Å². The summed E-state index contributed by atoms with van der Waals surface area (Å²) in [5.41, 5.74) is 3.73. The molecule has 3 N–H and O–H groups in total. The lowest BCUT2D eigenvalue weighted by Crippen LogP contribution is -2.37. The van der Waals surface area contributed by atoms with Gasteiger partial charge in [0.25, 0.3) is 0 Å². The lowest BCUT2D eigenvalue weighted by molar-refractivity contribution is 0.114. The number of hydrazone groups is 1. The Hall–Kier alpha value is -1.74. The second kappa shape index (κ2) is 9.10. The third-order valence-corrected chi connectivity index (χ3v) is 5.04. The highest BCUT2D eigenvalue weighted by atomic mass is 35.5. The zero-order valence-corrected chi connectivity index (χ0v) is 15.8. The number of hydrogen-bond donors (Lipinski definition) is 3. The first-order valence-corrected chi connectivity index (χ1v) is 9.48. The van der Waals surface area contributed by atoms with Gasteiger partial charge in [-0.25, -0.2) is 4.98 Å². The van der Waals surface area contributed by atoms with Crippen molar-refractivity contribution in [2.75, 3.05) is 18.5 Å². The minimum atomic E-state index is 0.228. The number of benzene rings is 1. The molecule has 0 spiro atoms. The molecule has 0 saturated carbocycles. The van der Waals surface area contributed by atoms with Crippen LogP contribution in [-0.4, -0.2) is 35.6 Å². The van der Waals surface area contributed by atoms with Gasteiger partial charge in [0, 0.05) is 18.8 Å². The number of halogens is 1. The van der Waals surface area contributed by atoms with Crippen LogP contribution in [0, 0.1) is 0 Å². The standard InChI is InChI=1S/C16H18ClN5OS2/c17-14-13(25-16(21-14)20-11-5-2-1-3-6-11)10-19-22-15(24)18-9-12-7-4-8-23-12/h1-3,5-6,10,12H,4,7-9H2,(H,20,21)(H2,18,22,24)/b19-10+/t12-/m0/s1. The molecule has 0 radical (unpaired) electrons. The molecule has 0 aliphatic carbocycles. The molecule has 132 valence electrons. The lowest BCUT2D eigenvalue weighted by Gasteiger charge is -2.11. The van der Waals surface area contributed by atoms with Crippen LogP contribution in [0.25, 0.3) is 0 Å². The van der Waals surface area contributed by atoms with Crippen molar-refractivity contribution in [1.29, 1.82) is 0 Å². The van der Waals surface area contributed by atoms with Gasteiger partial charge >= 0.3 is 0 Å². The highest BCUT2D eigenvalue weighted by molar-refractivity contribution is 7.80. The highest BCUT2D eigenvalue weighted by Gasteiger charge is 2.15. The summed E-state index contributed by atoms with van der Waals surface area (Å²) in [6.45, 7) is 1.52. The van der Waals surface area contributed by atoms with Gasteiger partial charge in [-0.3, -0.25) is 5.43 Å². The molecular formula is C16H18ClN5OS2. The van der Waals surface area contributed by atoms with Crippen LogP contribution in [0.4, 0.5) is 10.8 Å². The average molecular weight is 396 g/mol. The fraction of sp³-hybridized carbons (Fsp3) is 0.312. The Bertz CT molecular complexity index is 731. The number of nitrogens with one attached hydrogen (secondary N) is 3. The monoisotopic (exact) mass is 395 g/mol. The lowest BCUT2D eigenvalue weighted by atomic mass is 10.2. The first-order valence-electron chi connectivity index (χ1n) is 7.87. The Kier molecular flexibility index (Phi) is 6.57. The number of para-hydroxylation sites is 1. The highest BCUT2D eigenvalue weighted by Crippen LogP contribution is 2.27. The summed E-state index contributed by atoms with van der Waals surface area (Å²) in [5.74, 6) is 0. The number of hydrogen-bond acceptors (Lipinski definition) is 6. The van der Waals surface area contributed by atoms with Crippen LogP contribution in [0.3, 0.4) is 0 Å². The molecule has 1 aromatic heterocycles. The van der Waals surface area contributed by atoms with Crippen LogP contribution in [0.5, 0.6) is 0 Å². The zero-order chi connectivity index (χ0) is 17.5. The summed E-state index contributed by atoms with van der Waals surface area (Å²) >= 11 is 12.7. The molecular weight excluding hydrogens is 378 g/mol. The van der Waals surface area contributed by atoms with E-state index in [9.17, 15) is 0 Å². The van der Waals surface area contributed by atoms with Gasteiger partial charge in [0.1, 0.15) is 0 Å². The summed E-state index contributed by atoms with van der Waals surface area (Å²) in [6, 6.07) is 9.79. The van der Waals surface area contributed by atoms with Crippen molar-refractivity contribution in [2.24, 2.45) is 5.10 Å². The molecule has 3 rings (SSSR count). The zero-order valence-electron chi connectivity index (χ0n) is 13.4. The van der Waals surface area contributed by atoms with Crippen molar-refractivity contribution in [3.05, 3.63) is 40.4 Å². The van der Waals surface area contributed by atoms with Crippen molar-refractivity contribution < 1.29 is 4.74 Å². The Balaban J connectivity index is 1.48. The van der Waals surface area contributed by atoms with E-state index >= 15 is 0 Å². The maximum Gasteiger partial charge on any atom is 0.189 e. The Morgan fingerprint density at radius 3 is 3.04 bits per heavy atom. The molecule has 1 aliphatic rings. The van der Waals surface area contributed by atoms with E-state index in [4.69, 9.17) is 28.6 Å². The van der Waals surface area contributed by atoms with Gasteiger partial charge in [-0.15, -0.1) is 0 Å². The normalized spacial score (nSPS) is 16.9. The molecule has 0 unspecified atom stereocenters. The van der Waals surface area contributed by atoms with Gasteiger partial charge in [0.15, 0.2) is 15.4 Å². The molecule has 9 heteroatoms. The molecule has 1 atom stereocenters. The van der Waals surface area contributed by atoms with Crippen molar-refractivity contribution in [3.8, 4) is 0 Å². The second-order valence-electron chi connectivity index (χ2n) is 5.38. The maximum absolute atomic E-state index is 6.15. The molecule has 0 amide bonds. The number of thiocarbonyl (C=S) groups is 1. The first-order chi connectivity index (χ1) is 12.2. The third kappa shape index (κ3) is 5.64. The van der Waals surface area contributed by atoms with E-state index in [0.29, 0.717) is 21.9 Å². The topological polar surface area (TPSA) is 70.6 Å². The fourth-order valence-corrected chi connectivity index (χ4v) is 3.48. The minimum Gasteiger partial charge on any atom is -0.376 e. The molecule has 25 heavy (non-hydrogen) atoms. The number of rotatable bonds is 6. The minimum absolute atomic E-state index is 0.228. The Morgan fingerprint density at radius 2 is 2.28 bits per heavy atom. The summed E-state index contributed by atoms with van der Waals surface area (Å²) in [7, 11) is 0. The Labute approximate surface area is 160 Å². The van der Waals surface area contributed by atoms with Crippen LogP contribution < -0.4 is 16.1 Å². The molecule has 6 nitrogen and oxygen atoms in total. The molecule has 0 bridgehead atoms. The van der Waals surface area contributed by atoms with Gasteiger partial charge in [0.05, 0.1) is 17.2 Å². The SMILES string of the molecule is S=C(NC[C@@H]1CCCO1)N/N=C/c1sc(Nc2ccccc2)nc1Cl. The van der Waals surface area contributed by atoms with Crippen LogP contribution in [0.15, 0.2) is 35.4 Å². The molecule has 1 saturated heterocycles. The number of anilines is 2. The largest absolute Gasteiger partial charge is 0.376 e. The van der Waals surface area contributed by atoms with Crippen LogP contribution >= 0.6 is 35.2 Å². The first kappa shape index (κ1) is 18.1. The van der Waals surface area contributed by atoms with Crippen molar-refractivity contribution >= 4 is 57.3 Å². The summed E-state index contributed by atoms with van der Waals surface area (Å²) in [4.78, 5) is 5.03. The molecule has 1 aromatic carbocycles. The van der Waals surface area contributed by atoms with Crippen LogP contribution in [0.2, 0.25) is 5.15 Å². The molecule has 2 aromatic rings. The van der Waals surface area contributed by atoms with E-state index in [1.807, 2.05) is 30.3 Å². The van der Waals surface area contributed by atoms with Crippen LogP contribution in [0.1, 0.15) is 17.7 Å². The van der Waals surface area contributed by atoms with Crippen molar-refractivity contribution in [1.82, 2.24) is 15.7 Å². The van der Waals surface area contributed by atoms with E-state index in [1.165, 1.54) is 11.3 Å². The van der Waals surface area contributed by atoms with Gasteiger partial charge in [-0.1, -0.05) is 41.1 Å². The van der Waals surface area contributed by atoms with Crippen molar-refractivity contribution in [3.63, 3.8) is 0 Å². The Morgan fingerprint density at radius 1 is 1.44 bits per heavy atom. The van der Waals surface area contributed by atoms with Gasteiger partial charge in [-0.2, -0.15) is 5.10 Å². The second-order valence-corrected chi connectivity index (χ2v) is 7.18. The number of nitrogens with zero attached hydrogens (tertiary/aromatic N) is 2. The third-order valence-electron chi connectivity index (χ3n) is 3.50. The van der Waals surface area contributed by atoms with Gasteiger partial charge in [-0.05, 0) is 37.2 Å². The molecule has 2 heterocycles. The summed E-state index contributed by atoms with van der Waals surface area (Å²) in [5, 5.41) is 12.0. The van der Waals surface area contributed by atoms with Gasteiger partial charge in [0.2, 0.25) is 0 Å². The molecule has 1 fully saturated rings. The van der Waals surface area contributed by atoms with E-state index in [0.717, 1.165) is 30.0 Å². The van der Waals surface area contributed by atoms with Crippen LogP contribution in [-0.2, 0) is 4.74 Å². The van der Waals surface area contributed by atoms with E-state index < -0.39 is 0 Å². The molecule has 1 aliphatic heterocycles. The average Bonchev–Trinajstić information content (AvgIpc) is 3.24. The number of aromatic nitrogens is 1. The summed E-state index contributed by atoms with van der Waals surface area (Å²) in [6.07, 6.45) is 4.00. The predicted molar refractivity (Wildman–Crippen MR) is 107 cm³/mol. The van der Waals surface area contributed by atoms with E-state index in [2.05, 4.69) is 26.1 Å². The number of ether oxygens (including phenoxy) is 1. The quantitative estimate of drug-likeness (QED) is 0.395. The van der Waals surface area contributed by atoms with E-state index in [1.54, 1.807) is 6.21 Å². The van der Waals surface area contributed by atoms with E-state index in [-0.39, 0.29) is 6.10 Å². The maximum atomic E-state index is 6.15. The fourth-order valence-electron chi connectivity index (χ4n) is 2.29.